The SMILES string of the molecule is COc1ccc2c(CC(=O)NCC(=O)Nc3ccc(F)c(F)c3F)coc2c1. The van der Waals surface area contributed by atoms with Crippen molar-refractivity contribution in [3.05, 3.63) is 59.6 Å². The summed E-state index contributed by atoms with van der Waals surface area (Å²) in [4.78, 5) is 23.9. The number of fused-ring (bicyclic) bond motifs is 1. The maximum Gasteiger partial charge on any atom is 0.243 e. The molecular formula is C19H15F3N2O4. The Morgan fingerprint density at radius 2 is 1.86 bits per heavy atom. The minimum atomic E-state index is -1.69. The molecular weight excluding hydrogens is 377 g/mol. The summed E-state index contributed by atoms with van der Waals surface area (Å²) in [5.74, 6) is -5.22. The number of methoxy groups -OCH3 is 1. The number of anilines is 1. The molecule has 3 aromatic rings. The van der Waals surface area contributed by atoms with Crippen molar-refractivity contribution in [2.45, 2.75) is 6.42 Å². The Hall–Kier alpha value is -3.49. The lowest BCUT2D eigenvalue weighted by molar-refractivity contribution is -0.123. The Bertz CT molecular complexity index is 1050. The quantitative estimate of drug-likeness (QED) is 0.632. The van der Waals surface area contributed by atoms with Crippen molar-refractivity contribution in [1.29, 1.82) is 0 Å². The lowest BCUT2D eigenvalue weighted by Crippen LogP contribution is -2.34. The average molecular weight is 392 g/mol. The second kappa shape index (κ2) is 8.03. The fraction of sp³-hybridized carbons (Fsp3) is 0.158. The number of benzene rings is 2. The third-order valence-electron chi connectivity index (χ3n) is 3.97. The largest absolute Gasteiger partial charge is 0.497 e. The molecule has 1 aromatic heterocycles. The molecule has 2 amide bonds. The first-order chi connectivity index (χ1) is 13.4. The summed E-state index contributed by atoms with van der Waals surface area (Å²) in [6, 6.07) is 6.73. The average Bonchev–Trinajstić information content (AvgIpc) is 3.08. The van der Waals surface area contributed by atoms with Crippen LogP contribution in [0, 0.1) is 17.5 Å². The molecule has 9 heteroatoms. The number of amides is 2. The summed E-state index contributed by atoms with van der Waals surface area (Å²) in [7, 11) is 1.52. The highest BCUT2D eigenvalue weighted by Gasteiger charge is 2.16. The smallest absolute Gasteiger partial charge is 0.243 e. The first-order valence-electron chi connectivity index (χ1n) is 8.13. The molecule has 0 atom stereocenters. The van der Waals surface area contributed by atoms with Crippen LogP contribution in [0.1, 0.15) is 5.56 Å². The second-order valence-electron chi connectivity index (χ2n) is 5.85. The van der Waals surface area contributed by atoms with E-state index < -0.39 is 41.5 Å². The van der Waals surface area contributed by atoms with Crippen LogP contribution in [0.15, 0.2) is 41.0 Å². The first kappa shape index (κ1) is 19.3. The van der Waals surface area contributed by atoms with E-state index in [2.05, 4.69) is 10.6 Å². The molecule has 0 unspecified atom stereocenters. The van der Waals surface area contributed by atoms with Crippen molar-refractivity contribution in [3.63, 3.8) is 0 Å². The third kappa shape index (κ3) is 4.08. The van der Waals surface area contributed by atoms with Gasteiger partial charge in [-0.05, 0) is 24.3 Å². The topological polar surface area (TPSA) is 80.6 Å². The summed E-state index contributed by atoms with van der Waals surface area (Å²) in [5.41, 5.74) is 0.642. The molecule has 146 valence electrons. The van der Waals surface area contributed by atoms with E-state index in [0.29, 0.717) is 23.0 Å². The van der Waals surface area contributed by atoms with Crippen LogP contribution in [0.3, 0.4) is 0 Å². The highest BCUT2D eigenvalue weighted by Crippen LogP contribution is 2.25. The van der Waals surface area contributed by atoms with Gasteiger partial charge in [0, 0.05) is 17.0 Å². The maximum atomic E-state index is 13.5. The molecule has 0 bridgehead atoms. The maximum absolute atomic E-state index is 13.5. The molecule has 2 aromatic carbocycles. The van der Waals surface area contributed by atoms with Gasteiger partial charge in [-0.1, -0.05) is 0 Å². The second-order valence-corrected chi connectivity index (χ2v) is 5.85. The van der Waals surface area contributed by atoms with Crippen molar-refractivity contribution in [2.75, 3.05) is 19.0 Å². The van der Waals surface area contributed by atoms with Crippen LogP contribution in [-0.4, -0.2) is 25.5 Å². The normalized spacial score (nSPS) is 10.7. The number of ether oxygens (including phenoxy) is 1. The van der Waals surface area contributed by atoms with E-state index in [4.69, 9.17) is 9.15 Å². The Morgan fingerprint density at radius 1 is 1.07 bits per heavy atom. The van der Waals surface area contributed by atoms with Crippen molar-refractivity contribution < 1.29 is 31.9 Å². The summed E-state index contributed by atoms with van der Waals surface area (Å²) in [6.45, 7) is -0.471. The van der Waals surface area contributed by atoms with Gasteiger partial charge in [-0.25, -0.2) is 13.2 Å². The highest BCUT2D eigenvalue weighted by molar-refractivity contribution is 5.95. The molecule has 0 saturated heterocycles. The van der Waals surface area contributed by atoms with Gasteiger partial charge in [0.05, 0.1) is 32.0 Å². The monoisotopic (exact) mass is 392 g/mol. The predicted molar refractivity (Wildman–Crippen MR) is 94.4 cm³/mol. The highest BCUT2D eigenvalue weighted by atomic mass is 19.2. The van der Waals surface area contributed by atoms with E-state index in [9.17, 15) is 22.8 Å². The summed E-state index contributed by atoms with van der Waals surface area (Å²) >= 11 is 0. The number of furan rings is 1. The zero-order valence-corrected chi connectivity index (χ0v) is 14.6. The zero-order chi connectivity index (χ0) is 20.3. The van der Waals surface area contributed by atoms with Gasteiger partial charge in [-0.15, -0.1) is 0 Å². The summed E-state index contributed by atoms with van der Waals surface area (Å²) in [5, 5.41) is 5.16. The van der Waals surface area contributed by atoms with Gasteiger partial charge in [-0.3, -0.25) is 9.59 Å². The van der Waals surface area contributed by atoms with Gasteiger partial charge < -0.3 is 19.8 Å². The lowest BCUT2D eigenvalue weighted by Gasteiger charge is -2.08. The van der Waals surface area contributed by atoms with Gasteiger partial charge in [0.2, 0.25) is 11.8 Å². The molecule has 0 fully saturated rings. The van der Waals surface area contributed by atoms with Gasteiger partial charge in [0.15, 0.2) is 17.5 Å². The number of carbonyl (C=O) groups is 2. The number of nitrogens with one attached hydrogen (secondary N) is 2. The number of halogens is 3. The number of hydrogen-bond donors (Lipinski definition) is 2. The van der Waals surface area contributed by atoms with E-state index >= 15 is 0 Å². The Morgan fingerprint density at radius 3 is 2.61 bits per heavy atom. The van der Waals surface area contributed by atoms with E-state index in [1.165, 1.54) is 13.4 Å². The minimum absolute atomic E-state index is 0.0495. The minimum Gasteiger partial charge on any atom is -0.497 e. The van der Waals surface area contributed by atoms with Crippen LogP contribution in [0.4, 0.5) is 18.9 Å². The number of rotatable bonds is 6. The molecule has 0 aliphatic rings. The van der Waals surface area contributed by atoms with Gasteiger partial charge in [-0.2, -0.15) is 0 Å². The van der Waals surface area contributed by atoms with Gasteiger partial charge in [0.1, 0.15) is 11.3 Å². The van der Waals surface area contributed by atoms with Crippen LogP contribution < -0.4 is 15.4 Å². The van der Waals surface area contributed by atoms with Crippen molar-refractivity contribution in [1.82, 2.24) is 5.32 Å². The van der Waals surface area contributed by atoms with Gasteiger partial charge in [0.25, 0.3) is 0 Å². The Balaban J connectivity index is 1.57. The van der Waals surface area contributed by atoms with Crippen LogP contribution >= 0.6 is 0 Å². The van der Waals surface area contributed by atoms with Crippen molar-refractivity contribution in [2.24, 2.45) is 0 Å². The number of carbonyl (C=O) groups excluding carboxylic acids is 2. The fourth-order valence-corrected chi connectivity index (χ4v) is 2.56. The molecule has 0 aliphatic carbocycles. The van der Waals surface area contributed by atoms with E-state index in [1.807, 2.05) is 0 Å². The molecule has 0 aliphatic heterocycles. The zero-order valence-electron chi connectivity index (χ0n) is 14.6. The fourth-order valence-electron chi connectivity index (χ4n) is 2.56. The summed E-state index contributed by atoms with van der Waals surface area (Å²) < 4.78 is 50.1. The van der Waals surface area contributed by atoms with E-state index in [-0.39, 0.29) is 6.42 Å². The standard InChI is InChI=1S/C19H15F3N2O4/c1-27-11-2-3-12-10(9-28-15(12)7-11)6-16(25)23-8-17(26)24-14-5-4-13(20)18(21)19(14)22/h2-5,7,9H,6,8H2,1H3,(H,23,25)(H,24,26). The van der Waals surface area contributed by atoms with E-state index in [0.717, 1.165) is 11.5 Å². The Kier molecular flexibility index (Phi) is 5.53. The molecule has 1 heterocycles. The van der Waals surface area contributed by atoms with Crippen LogP contribution in [0.5, 0.6) is 5.75 Å². The van der Waals surface area contributed by atoms with Crippen LogP contribution in [0.2, 0.25) is 0 Å². The van der Waals surface area contributed by atoms with Gasteiger partial charge >= 0.3 is 0 Å². The summed E-state index contributed by atoms with van der Waals surface area (Å²) in [6.07, 6.45) is 1.38. The van der Waals surface area contributed by atoms with Crippen LogP contribution in [-0.2, 0) is 16.0 Å². The molecule has 0 saturated carbocycles. The van der Waals surface area contributed by atoms with Crippen molar-refractivity contribution >= 4 is 28.5 Å². The van der Waals surface area contributed by atoms with Crippen molar-refractivity contribution in [3.8, 4) is 5.75 Å². The van der Waals surface area contributed by atoms with Crippen LogP contribution in [0.25, 0.3) is 11.0 Å². The molecule has 6 nitrogen and oxygen atoms in total. The molecule has 2 N–H and O–H groups in total. The third-order valence-corrected chi connectivity index (χ3v) is 3.97. The molecule has 0 spiro atoms. The molecule has 28 heavy (non-hydrogen) atoms. The Labute approximate surface area is 157 Å². The lowest BCUT2D eigenvalue weighted by atomic mass is 10.1. The molecule has 0 radical (unpaired) electrons. The first-order valence-corrected chi connectivity index (χ1v) is 8.13. The van der Waals surface area contributed by atoms with E-state index in [1.54, 1.807) is 18.2 Å². The molecule has 3 rings (SSSR count). The number of hydrogen-bond acceptors (Lipinski definition) is 4. The predicted octanol–water partition coefficient (Wildman–Crippen LogP) is 3.16.